The van der Waals surface area contributed by atoms with Crippen LogP contribution in [0.4, 0.5) is 4.79 Å². The number of hydrogen-bond donors (Lipinski definition) is 0. The molecular weight excluding hydrogens is 310 g/mol. The number of piperazine rings is 1. The zero-order valence-electron chi connectivity index (χ0n) is 14.1. The molecule has 0 N–H and O–H groups in total. The number of nitrogens with zero attached hydrogens (tertiary/aromatic N) is 3. The minimum atomic E-state index is -0.204. The van der Waals surface area contributed by atoms with E-state index in [4.69, 9.17) is 9.15 Å². The van der Waals surface area contributed by atoms with Crippen LogP contribution in [-0.2, 0) is 4.74 Å². The Morgan fingerprint density at radius 1 is 1.12 bits per heavy atom. The van der Waals surface area contributed by atoms with Crippen molar-refractivity contribution in [2.45, 2.75) is 25.8 Å². The Bertz CT molecular complexity index is 544. The van der Waals surface area contributed by atoms with Gasteiger partial charge in [0, 0.05) is 45.3 Å². The van der Waals surface area contributed by atoms with E-state index < -0.39 is 0 Å². The van der Waals surface area contributed by atoms with E-state index >= 15 is 0 Å². The van der Waals surface area contributed by atoms with Crippen LogP contribution >= 0.6 is 0 Å². The number of likely N-dealkylation sites (tertiary alicyclic amines) is 1. The van der Waals surface area contributed by atoms with Crippen molar-refractivity contribution >= 4 is 12.0 Å². The molecule has 2 saturated heterocycles. The van der Waals surface area contributed by atoms with Gasteiger partial charge in [-0.05, 0) is 31.9 Å². The summed E-state index contributed by atoms with van der Waals surface area (Å²) in [6.07, 6.45) is 3.25. The van der Waals surface area contributed by atoms with Crippen molar-refractivity contribution in [3.05, 3.63) is 24.2 Å². The summed E-state index contributed by atoms with van der Waals surface area (Å²) in [5.41, 5.74) is 0. The molecule has 2 amide bonds. The van der Waals surface area contributed by atoms with E-state index in [1.54, 1.807) is 17.0 Å². The summed E-state index contributed by atoms with van der Waals surface area (Å²) in [7, 11) is 0. The summed E-state index contributed by atoms with van der Waals surface area (Å²) in [5.74, 6) is 0.378. The molecule has 0 unspecified atom stereocenters. The van der Waals surface area contributed by atoms with Crippen molar-refractivity contribution < 1.29 is 18.7 Å². The number of ether oxygens (including phenoxy) is 1. The van der Waals surface area contributed by atoms with E-state index in [1.807, 2.05) is 11.8 Å². The molecule has 2 aliphatic rings. The van der Waals surface area contributed by atoms with Gasteiger partial charge in [-0.2, -0.15) is 0 Å². The predicted molar refractivity (Wildman–Crippen MR) is 87.8 cm³/mol. The topological polar surface area (TPSA) is 66.2 Å². The maximum absolute atomic E-state index is 12.3. The van der Waals surface area contributed by atoms with Crippen LogP contribution in [0.15, 0.2) is 22.8 Å². The highest BCUT2D eigenvalue weighted by Crippen LogP contribution is 2.19. The third-order valence-electron chi connectivity index (χ3n) is 4.84. The van der Waals surface area contributed by atoms with Crippen LogP contribution in [-0.4, -0.2) is 78.6 Å². The molecule has 24 heavy (non-hydrogen) atoms. The molecule has 7 heteroatoms. The number of carbonyl (C=O) groups excluding carboxylic acids is 2. The third kappa shape index (κ3) is 3.72. The lowest BCUT2D eigenvalue weighted by Crippen LogP contribution is -2.54. The largest absolute Gasteiger partial charge is 0.459 e. The average Bonchev–Trinajstić information content (AvgIpc) is 3.16. The number of hydrogen-bond acceptors (Lipinski definition) is 5. The van der Waals surface area contributed by atoms with Crippen molar-refractivity contribution in [2.75, 3.05) is 45.9 Å². The predicted octanol–water partition coefficient (Wildman–Crippen LogP) is 1.66. The van der Waals surface area contributed by atoms with E-state index in [1.165, 1.54) is 6.26 Å². The molecule has 132 valence electrons. The Morgan fingerprint density at radius 2 is 1.83 bits per heavy atom. The zero-order valence-corrected chi connectivity index (χ0v) is 14.1. The second kappa shape index (κ2) is 7.70. The Balaban J connectivity index is 1.44. The molecule has 0 atom stereocenters. The van der Waals surface area contributed by atoms with E-state index in [0.717, 1.165) is 52.1 Å². The monoisotopic (exact) mass is 335 g/mol. The van der Waals surface area contributed by atoms with Crippen molar-refractivity contribution in [3.8, 4) is 0 Å². The normalized spacial score (nSPS) is 20.2. The highest BCUT2D eigenvalue weighted by Gasteiger charge is 2.31. The molecule has 0 radical (unpaired) electrons. The maximum atomic E-state index is 12.3. The van der Waals surface area contributed by atoms with E-state index in [0.29, 0.717) is 18.4 Å². The Labute approximate surface area is 142 Å². The Morgan fingerprint density at radius 3 is 2.42 bits per heavy atom. The highest BCUT2D eigenvalue weighted by atomic mass is 16.6. The third-order valence-corrected chi connectivity index (χ3v) is 4.84. The van der Waals surface area contributed by atoms with Gasteiger partial charge in [-0.15, -0.1) is 0 Å². The van der Waals surface area contributed by atoms with Gasteiger partial charge in [0.1, 0.15) is 0 Å². The maximum Gasteiger partial charge on any atom is 0.409 e. The molecule has 0 spiro atoms. The van der Waals surface area contributed by atoms with E-state index in [9.17, 15) is 9.59 Å². The number of furan rings is 1. The highest BCUT2D eigenvalue weighted by molar-refractivity contribution is 5.91. The fourth-order valence-electron chi connectivity index (χ4n) is 3.47. The minimum Gasteiger partial charge on any atom is -0.459 e. The lowest BCUT2D eigenvalue weighted by molar-refractivity contribution is 0.0400. The molecule has 1 aromatic rings. The molecule has 2 aliphatic heterocycles. The van der Waals surface area contributed by atoms with Gasteiger partial charge in [0.15, 0.2) is 5.76 Å². The van der Waals surface area contributed by atoms with Gasteiger partial charge in [0.05, 0.1) is 12.9 Å². The van der Waals surface area contributed by atoms with Crippen molar-refractivity contribution in [1.29, 1.82) is 0 Å². The van der Waals surface area contributed by atoms with Gasteiger partial charge in [-0.25, -0.2) is 4.79 Å². The first-order chi connectivity index (χ1) is 11.7. The second-order valence-corrected chi connectivity index (χ2v) is 6.22. The number of amides is 2. The number of rotatable bonds is 3. The van der Waals surface area contributed by atoms with Crippen LogP contribution in [0.5, 0.6) is 0 Å². The van der Waals surface area contributed by atoms with Crippen LogP contribution in [0.2, 0.25) is 0 Å². The fourth-order valence-corrected chi connectivity index (χ4v) is 3.47. The van der Waals surface area contributed by atoms with Crippen LogP contribution in [0.1, 0.15) is 30.3 Å². The minimum absolute atomic E-state index is 0.0308. The van der Waals surface area contributed by atoms with E-state index in [-0.39, 0.29) is 12.0 Å². The summed E-state index contributed by atoms with van der Waals surface area (Å²) in [6, 6.07) is 3.93. The summed E-state index contributed by atoms with van der Waals surface area (Å²) in [4.78, 5) is 30.1. The summed E-state index contributed by atoms with van der Waals surface area (Å²) in [5, 5.41) is 0. The first-order valence-electron chi connectivity index (χ1n) is 8.67. The van der Waals surface area contributed by atoms with Crippen LogP contribution in [0.25, 0.3) is 0 Å². The molecule has 0 aromatic carbocycles. The molecule has 7 nitrogen and oxygen atoms in total. The average molecular weight is 335 g/mol. The first kappa shape index (κ1) is 16.8. The fraction of sp³-hybridized carbons (Fsp3) is 0.647. The molecule has 0 saturated carbocycles. The van der Waals surface area contributed by atoms with Gasteiger partial charge in [0.25, 0.3) is 5.91 Å². The van der Waals surface area contributed by atoms with Crippen molar-refractivity contribution in [2.24, 2.45) is 0 Å². The Hall–Kier alpha value is -2.02. The smallest absolute Gasteiger partial charge is 0.409 e. The van der Waals surface area contributed by atoms with Gasteiger partial charge in [-0.1, -0.05) is 0 Å². The number of carbonyl (C=O) groups is 2. The van der Waals surface area contributed by atoms with Gasteiger partial charge >= 0.3 is 6.09 Å². The lowest BCUT2D eigenvalue weighted by atomic mass is 10.0. The summed E-state index contributed by atoms with van der Waals surface area (Å²) >= 11 is 0. The lowest BCUT2D eigenvalue weighted by Gasteiger charge is -2.42. The first-order valence-corrected chi connectivity index (χ1v) is 8.67. The van der Waals surface area contributed by atoms with Crippen LogP contribution in [0, 0.1) is 0 Å². The standard InChI is InChI=1S/C17H25N3O4/c1-2-23-17(22)20-7-5-14(6-8-20)18-9-11-19(12-10-18)16(21)15-4-3-13-24-15/h3-4,13-14H,2,5-12H2,1H3. The summed E-state index contributed by atoms with van der Waals surface area (Å²) in [6.45, 7) is 6.92. The van der Waals surface area contributed by atoms with Crippen LogP contribution in [0.3, 0.4) is 0 Å². The van der Waals surface area contributed by atoms with Crippen molar-refractivity contribution in [1.82, 2.24) is 14.7 Å². The molecule has 3 heterocycles. The van der Waals surface area contributed by atoms with Gasteiger partial charge in [-0.3, -0.25) is 9.69 Å². The van der Waals surface area contributed by atoms with Crippen LogP contribution < -0.4 is 0 Å². The second-order valence-electron chi connectivity index (χ2n) is 6.22. The van der Waals surface area contributed by atoms with Gasteiger partial charge < -0.3 is 19.0 Å². The molecule has 0 aliphatic carbocycles. The Kier molecular flexibility index (Phi) is 5.40. The molecule has 3 rings (SSSR count). The van der Waals surface area contributed by atoms with E-state index in [2.05, 4.69) is 4.90 Å². The quantitative estimate of drug-likeness (QED) is 0.840. The molecule has 1 aromatic heterocycles. The number of piperidine rings is 1. The summed E-state index contributed by atoms with van der Waals surface area (Å²) < 4.78 is 10.2. The zero-order chi connectivity index (χ0) is 16.9. The van der Waals surface area contributed by atoms with Gasteiger partial charge in [0.2, 0.25) is 0 Å². The SMILES string of the molecule is CCOC(=O)N1CCC(N2CCN(C(=O)c3ccco3)CC2)CC1. The van der Waals surface area contributed by atoms with Crippen molar-refractivity contribution in [3.63, 3.8) is 0 Å². The molecule has 0 bridgehead atoms. The molecular formula is C17H25N3O4. The molecule has 2 fully saturated rings.